The average molecular weight is 303 g/mol. The standard InChI is InChI=1S/C15H13NO4S/c1-2-8-20-15(19)16-12-11(9-21-13(12)14(17)18)10-6-4-3-5-7-10/h2-7,9H,1,8H2,(H,16,19)(H,17,18). The SMILES string of the molecule is C=CCOC(=O)Nc1c(-c2ccccc2)csc1C(=O)O. The van der Waals surface area contributed by atoms with Gasteiger partial charge < -0.3 is 9.84 Å². The topological polar surface area (TPSA) is 75.6 Å². The second-order valence-electron chi connectivity index (χ2n) is 4.04. The molecule has 1 heterocycles. The van der Waals surface area contributed by atoms with E-state index in [1.165, 1.54) is 6.08 Å². The molecule has 6 heteroatoms. The number of amides is 1. The molecule has 2 N–H and O–H groups in total. The van der Waals surface area contributed by atoms with Gasteiger partial charge in [0.25, 0.3) is 0 Å². The molecule has 0 fully saturated rings. The summed E-state index contributed by atoms with van der Waals surface area (Å²) in [5.74, 6) is -1.10. The summed E-state index contributed by atoms with van der Waals surface area (Å²) < 4.78 is 4.83. The highest BCUT2D eigenvalue weighted by molar-refractivity contribution is 7.13. The molecule has 1 amide bonds. The number of hydrogen-bond acceptors (Lipinski definition) is 4. The van der Waals surface area contributed by atoms with E-state index in [1.54, 1.807) is 5.38 Å². The van der Waals surface area contributed by atoms with Gasteiger partial charge in [0.05, 0.1) is 5.69 Å². The van der Waals surface area contributed by atoms with E-state index in [2.05, 4.69) is 11.9 Å². The fourth-order valence-corrected chi connectivity index (χ4v) is 2.61. The molecule has 1 aromatic carbocycles. The fraction of sp³-hybridized carbons (Fsp3) is 0.0667. The molecule has 0 bridgehead atoms. The zero-order valence-electron chi connectivity index (χ0n) is 11.0. The number of aromatic carboxylic acids is 1. The molecule has 0 aliphatic heterocycles. The number of ether oxygens (including phenoxy) is 1. The number of carboxylic acids is 1. The number of carboxylic acid groups (broad SMARTS) is 1. The number of hydrogen-bond donors (Lipinski definition) is 2. The molecule has 5 nitrogen and oxygen atoms in total. The Morgan fingerprint density at radius 3 is 2.67 bits per heavy atom. The Hall–Kier alpha value is -2.60. The van der Waals surface area contributed by atoms with Crippen LogP contribution in [0.1, 0.15) is 9.67 Å². The van der Waals surface area contributed by atoms with Gasteiger partial charge in [0.2, 0.25) is 0 Å². The molecule has 0 unspecified atom stereocenters. The highest BCUT2D eigenvalue weighted by Crippen LogP contribution is 2.36. The van der Waals surface area contributed by atoms with Crippen molar-refractivity contribution in [3.8, 4) is 11.1 Å². The maximum Gasteiger partial charge on any atom is 0.412 e. The zero-order chi connectivity index (χ0) is 15.2. The van der Waals surface area contributed by atoms with Crippen LogP contribution in [0.15, 0.2) is 48.4 Å². The van der Waals surface area contributed by atoms with Gasteiger partial charge in [-0.25, -0.2) is 9.59 Å². The van der Waals surface area contributed by atoms with E-state index >= 15 is 0 Å². The number of nitrogens with one attached hydrogen (secondary N) is 1. The predicted molar refractivity (Wildman–Crippen MR) is 81.9 cm³/mol. The first-order valence-electron chi connectivity index (χ1n) is 6.08. The number of benzene rings is 1. The van der Waals surface area contributed by atoms with Crippen molar-refractivity contribution in [2.24, 2.45) is 0 Å². The quantitative estimate of drug-likeness (QED) is 0.823. The molecule has 0 radical (unpaired) electrons. The van der Waals surface area contributed by atoms with E-state index in [1.807, 2.05) is 30.3 Å². The normalized spacial score (nSPS) is 9.90. The Kier molecular flexibility index (Phi) is 4.73. The fourth-order valence-electron chi connectivity index (χ4n) is 1.74. The monoisotopic (exact) mass is 303 g/mol. The number of thiophene rings is 1. The molecule has 1 aromatic heterocycles. The van der Waals surface area contributed by atoms with E-state index in [0.29, 0.717) is 5.56 Å². The summed E-state index contributed by atoms with van der Waals surface area (Å²) >= 11 is 1.05. The van der Waals surface area contributed by atoms with E-state index in [-0.39, 0.29) is 17.2 Å². The average Bonchev–Trinajstić information content (AvgIpc) is 2.89. The van der Waals surface area contributed by atoms with Crippen LogP contribution in [-0.4, -0.2) is 23.8 Å². The number of anilines is 1. The largest absolute Gasteiger partial charge is 0.477 e. The minimum Gasteiger partial charge on any atom is -0.477 e. The summed E-state index contributed by atoms with van der Waals surface area (Å²) in [6.07, 6.45) is 0.719. The van der Waals surface area contributed by atoms with Crippen molar-refractivity contribution < 1.29 is 19.4 Å². The van der Waals surface area contributed by atoms with E-state index in [9.17, 15) is 14.7 Å². The molecule has 0 spiro atoms. The van der Waals surface area contributed by atoms with Crippen molar-refractivity contribution in [3.63, 3.8) is 0 Å². The van der Waals surface area contributed by atoms with Gasteiger partial charge >= 0.3 is 12.1 Å². The third-order valence-electron chi connectivity index (χ3n) is 2.63. The van der Waals surface area contributed by atoms with Crippen LogP contribution in [0.3, 0.4) is 0 Å². The maximum atomic E-state index is 11.7. The molecule has 2 aromatic rings. The lowest BCUT2D eigenvalue weighted by molar-refractivity contribution is 0.0703. The van der Waals surface area contributed by atoms with Crippen LogP contribution in [0.4, 0.5) is 10.5 Å². The Labute approximate surface area is 125 Å². The molecule has 0 saturated heterocycles. The van der Waals surface area contributed by atoms with Crippen LogP contribution in [0.2, 0.25) is 0 Å². The Balaban J connectivity index is 2.36. The molecule has 108 valence electrons. The first kappa shape index (κ1) is 14.8. The van der Waals surface area contributed by atoms with Crippen molar-refractivity contribution in [1.29, 1.82) is 0 Å². The van der Waals surface area contributed by atoms with Gasteiger partial charge in [0.15, 0.2) is 0 Å². The van der Waals surface area contributed by atoms with Gasteiger partial charge in [-0.2, -0.15) is 0 Å². The van der Waals surface area contributed by atoms with Crippen LogP contribution >= 0.6 is 11.3 Å². The Morgan fingerprint density at radius 1 is 1.33 bits per heavy atom. The third-order valence-corrected chi connectivity index (χ3v) is 3.60. The highest BCUT2D eigenvalue weighted by Gasteiger charge is 2.20. The van der Waals surface area contributed by atoms with E-state index in [4.69, 9.17) is 4.74 Å². The van der Waals surface area contributed by atoms with Gasteiger partial charge in [-0.1, -0.05) is 43.0 Å². The molecule has 0 saturated carbocycles. The van der Waals surface area contributed by atoms with Crippen LogP contribution in [-0.2, 0) is 4.74 Å². The van der Waals surface area contributed by atoms with Crippen molar-refractivity contribution in [3.05, 3.63) is 53.2 Å². The Bertz CT molecular complexity index is 664. The molecule has 0 atom stereocenters. The molecular weight excluding hydrogens is 290 g/mol. The van der Waals surface area contributed by atoms with Crippen LogP contribution < -0.4 is 5.32 Å². The first-order chi connectivity index (χ1) is 10.1. The lowest BCUT2D eigenvalue weighted by Gasteiger charge is -2.08. The van der Waals surface area contributed by atoms with E-state index in [0.717, 1.165) is 16.9 Å². The van der Waals surface area contributed by atoms with Crippen LogP contribution in [0.25, 0.3) is 11.1 Å². The first-order valence-corrected chi connectivity index (χ1v) is 6.96. The van der Waals surface area contributed by atoms with Gasteiger partial charge in [-0.3, -0.25) is 5.32 Å². The summed E-state index contributed by atoms with van der Waals surface area (Å²) in [7, 11) is 0. The van der Waals surface area contributed by atoms with Gasteiger partial charge in [-0.05, 0) is 5.56 Å². The minimum absolute atomic E-state index is 0.0546. The summed E-state index contributed by atoms with van der Waals surface area (Å²) in [4.78, 5) is 23.0. The van der Waals surface area contributed by atoms with Crippen LogP contribution in [0, 0.1) is 0 Å². The maximum absolute atomic E-state index is 11.7. The summed E-state index contributed by atoms with van der Waals surface area (Å²) in [6, 6.07) is 9.22. The smallest absolute Gasteiger partial charge is 0.412 e. The van der Waals surface area contributed by atoms with E-state index < -0.39 is 12.1 Å². The Morgan fingerprint density at radius 2 is 2.05 bits per heavy atom. The predicted octanol–water partition coefficient (Wildman–Crippen LogP) is 3.85. The zero-order valence-corrected chi connectivity index (χ0v) is 11.9. The van der Waals surface area contributed by atoms with Gasteiger partial charge in [-0.15, -0.1) is 11.3 Å². The van der Waals surface area contributed by atoms with Crippen molar-refractivity contribution in [2.75, 3.05) is 11.9 Å². The lowest BCUT2D eigenvalue weighted by Crippen LogP contribution is -2.15. The lowest BCUT2D eigenvalue weighted by atomic mass is 10.1. The highest BCUT2D eigenvalue weighted by atomic mass is 32.1. The number of rotatable bonds is 5. The van der Waals surface area contributed by atoms with Crippen LogP contribution in [0.5, 0.6) is 0 Å². The molecule has 0 aliphatic carbocycles. The van der Waals surface area contributed by atoms with Crippen molar-refractivity contribution in [1.82, 2.24) is 0 Å². The number of carbonyl (C=O) groups is 2. The van der Waals surface area contributed by atoms with Crippen molar-refractivity contribution >= 4 is 29.1 Å². The minimum atomic E-state index is -1.10. The summed E-state index contributed by atoms with van der Waals surface area (Å²) in [6.45, 7) is 3.50. The summed E-state index contributed by atoms with van der Waals surface area (Å²) in [5.41, 5.74) is 1.71. The molecule has 2 rings (SSSR count). The molecular formula is C15H13NO4S. The number of carbonyl (C=O) groups excluding carboxylic acids is 1. The summed E-state index contributed by atoms with van der Waals surface area (Å²) in [5, 5.41) is 13.4. The van der Waals surface area contributed by atoms with Crippen molar-refractivity contribution in [2.45, 2.75) is 0 Å². The van der Waals surface area contributed by atoms with Gasteiger partial charge in [0.1, 0.15) is 11.5 Å². The van der Waals surface area contributed by atoms with Gasteiger partial charge in [0, 0.05) is 10.9 Å². The molecule has 0 aliphatic rings. The molecule has 21 heavy (non-hydrogen) atoms. The second-order valence-corrected chi connectivity index (χ2v) is 4.92. The third kappa shape index (κ3) is 3.49. The second kappa shape index (κ2) is 6.71.